The summed E-state index contributed by atoms with van der Waals surface area (Å²) in [6.45, 7) is 4.25. The molecule has 1 heterocycles. The van der Waals surface area contributed by atoms with Crippen LogP contribution in [-0.2, 0) is 16.0 Å². The van der Waals surface area contributed by atoms with Crippen molar-refractivity contribution in [3.8, 4) is 0 Å². The zero-order valence-electron chi connectivity index (χ0n) is 10.7. The monoisotopic (exact) mass is 264 g/mol. The van der Waals surface area contributed by atoms with Gasteiger partial charge in [0.1, 0.15) is 5.60 Å². The number of aldehydes is 1. The van der Waals surface area contributed by atoms with E-state index in [4.69, 9.17) is 16.3 Å². The summed E-state index contributed by atoms with van der Waals surface area (Å²) in [4.78, 5) is 11.5. The van der Waals surface area contributed by atoms with Gasteiger partial charge in [0.2, 0.25) is 0 Å². The van der Waals surface area contributed by atoms with Gasteiger partial charge in [-0.05, 0) is 30.5 Å². The van der Waals surface area contributed by atoms with E-state index in [0.717, 1.165) is 30.6 Å². The van der Waals surface area contributed by atoms with Gasteiger partial charge in [-0.3, -0.25) is 4.79 Å². The van der Waals surface area contributed by atoms with E-state index in [9.17, 15) is 4.79 Å². The van der Waals surface area contributed by atoms with Crippen molar-refractivity contribution >= 4 is 17.9 Å². The molecule has 3 heteroatoms. The van der Waals surface area contributed by atoms with Crippen LogP contribution in [0.4, 0.5) is 0 Å². The predicted octanol–water partition coefficient (Wildman–Crippen LogP) is 3.41. The third-order valence-corrected chi connectivity index (χ3v) is 4.97. The van der Waals surface area contributed by atoms with Gasteiger partial charge in [0.25, 0.3) is 0 Å². The molecule has 0 N–H and O–H groups in total. The Morgan fingerprint density at radius 1 is 1.28 bits per heavy atom. The smallest absolute Gasteiger partial charge is 0.158 e. The molecule has 0 radical (unpaired) electrons. The van der Waals surface area contributed by atoms with Crippen LogP contribution < -0.4 is 0 Å². The Bertz CT molecular complexity index is 494. The highest BCUT2D eigenvalue weighted by molar-refractivity contribution is 6.30. The lowest BCUT2D eigenvalue weighted by atomic mass is 9.78. The molecule has 2 aliphatic rings. The van der Waals surface area contributed by atoms with Crippen molar-refractivity contribution < 1.29 is 9.53 Å². The summed E-state index contributed by atoms with van der Waals surface area (Å²) in [7, 11) is 0. The minimum atomic E-state index is -0.570. The second-order valence-electron chi connectivity index (χ2n) is 6.14. The van der Waals surface area contributed by atoms with E-state index in [-0.39, 0.29) is 11.0 Å². The van der Waals surface area contributed by atoms with Crippen LogP contribution in [0, 0.1) is 5.41 Å². The van der Waals surface area contributed by atoms with E-state index < -0.39 is 5.60 Å². The largest absolute Gasteiger partial charge is 0.354 e. The van der Waals surface area contributed by atoms with Gasteiger partial charge in [-0.15, -0.1) is 0 Å². The van der Waals surface area contributed by atoms with E-state index >= 15 is 0 Å². The van der Waals surface area contributed by atoms with Crippen LogP contribution in [-0.4, -0.2) is 17.5 Å². The first-order valence-corrected chi connectivity index (χ1v) is 6.74. The summed E-state index contributed by atoms with van der Waals surface area (Å²) >= 11 is 5.89. The minimum Gasteiger partial charge on any atom is -0.354 e. The number of rotatable bonds is 3. The molecule has 1 aliphatic carbocycles. The van der Waals surface area contributed by atoms with Crippen molar-refractivity contribution in [3.63, 3.8) is 0 Å². The number of halogens is 1. The second kappa shape index (κ2) is 3.58. The first-order valence-electron chi connectivity index (χ1n) is 6.36. The van der Waals surface area contributed by atoms with Crippen molar-refractivity contribution in [2.24, 2.45) is 5.41 Å². The molecule has 0 spiro atoms. The summed E-state index contributed by atoms with van der Waals surface area (Å²) < 4.78 is 5.93. The maximum absolute atomic E-state index is 11.5. The molecular formula is C15H17ClO2. The third kappa shape index (κ3) is 1.42. The van der Waals surface area contributed by atoms with E-state index in [2.05, 4.69) is 13.8 Å². The minimum absolute atomic E-state index is 0.0544. The molecule has 1 aromatic carbocycles. The lowest BCUT2D eigenvalue weighted by Crippen LogP contribution is -2.35. The topological polar surface area (TPSA) is 29.6 Å². The highest BCUT2D eigenvalue weighted by atomic mass is 35.5. The molecule has 2 unspecified atom stereocenters. The van der Waals surface area contributed by atoms with E-state index in [0.29, 0.717) is 0 Å². The van der Waals surface area contributed by atoms with E-state index in [1.165, 1.54) is 5.56 Å². The molecule has 3 rings (SSSR count). The average molecular weight is 265 g/mol. The summed E-state index contributed by atoms with van der Waals surface area (Å²) in [6.07, 6.45) is 3.82. The predicted molar refractivity (Wildman–Crippen MR) is 70.8 cm³/mol. The molecule has 1 saturated carbocycles. The van der Waals surface area contributed by atoms with Crippen LogP contribution in [0.2, 0.25) is 5.02 Å². The molecule has 0 bridgehead atoms. The molecule has 2 atom stereocenters. The van der Waals surface area contributed by atoms with Gasteiger partial charge < -0.3 is 4.74 Å². The maximum atomic E-state index is 11.5. The van der Waals surface area contributed by atoms with Crippen LogP contribution in [0.1, 0.15) is 32.3 Å². The maximum Gasteiger partial charge on any atom is 0.158 e. The normalized spacial score (nSPS) is 36.2. The summed E-state index contributed by atoms with van der Waals surface area (Å²) in [6, 6.07) is 7.80. The average Bonchev–Trinajstić information content (AvgIpc) is 2.95. The Balaban J connectivity index is 1.87. The number of benzene rings is 1. The molecular weight excluding hydrogens is 248 g/mol. The van der Waals surface area contributed by atoms with Crippen molar-refractivity contribution in [3.05, 3.63) is 34.9 Å². The lowest BCUT2D eigenvalue weighted by Gasteiger charge is -2.23. The van der Waals surface area contributed by atoms with Crippen LogP contribution in [0.15, 0.2) is 24.3 Å². The van der Waals surface area contributed by atoms with Crippen molar-refractivity contribution in [2.75, 3.05) is 0 Å². The molecule has 96 valence electrons. The zero-order valence-corrected chi connectivity index (χ0v) is 11.5. The number of carbonyl (C=O) groups is 1. The Hall–Kier alpha value is -0.860. The van der Waals surface area contributed by atoms with Gasteiger partial charge in [-0.2, -0.15) is 0 Å². The van der Waals surface area contributed by atoms with Gasteiger partial charge in [-0.1, -0.05) is 37.6 Å². The number of hydrogen-bond donors (Lipinski definition) is 0. The Labute approximate surface area is 112 Å². The number of ether oxygens (including phenoxy) is 1. The van der Waals surface area contributed by atoms with Crippen molar-refractivity contribution in [1.82, 2.24) is 0 Å². The fourth-order valence-electron chi connectivity index (χ4n) is 3.45. The molecule has 1 saturated heterocycles. The zero-order chi connectivity index (χ0) is 13.0. The standard InChI is InChI=1S/C15H17ClO2/c1-13(2)7-8-14(15(13,10-17)18-14)9-11-3-5-12(16)6-4-11/h3-6,10H,7-9H2,1-2H3. The molecule has 2 fully saturated rings. The van der Waals surface area contributed by atoms with Crippen molar-refractivity contribution in [2.45, 2.75) is 44.3 Å². The summed E-state index contributed by atoms with van der Waals surface area (Å²) in [5.74, 6) is 0. The molecule has 1 aromatic rings. The van der Waals surface area contributed by atoms with E-state index in [1.54, 1.807) is 0 Å². The molecule has 1 aliphatic heterocycles. The number of fused-ring (bicyclic) bond motifs is 1. The Morgan fingerprint density at radius 2 is 1.94 bits per heavy atom. The lowest BCUT2D eigenvalue weighted by molar-refractivity contribution is -0.115. The van der Waals surface area contributed by atoms with Gasteiger partial charge in [-0.25, -0.2) is 0 Å². The molecule has 2 nitrogen and oxygen atoms in total. The molecule has 0 aromatic heterocycles. The Morgan fingerprint density at radius 3 is 2.50 bits per heavy atom. The second-order valence-corrected chi connectivity index (χ2v) is 6.57. The molecule has 0 amide bonds. The SMILES string of the molecule is CC1(C)CCC2(Cc3ccc(Cl)cc3)OC12C=O. The van der Waals surface area contributed by atoms with Gasteiger partial charge in [0.05, 0.1) is 0 Å². The first kappa shape index (κ1) is 12.2. The number of carbonyl (C=O) groups excluding carboxylic acids is 1. The Kier molecular flexibility index (Phi) is 2.43. The van der Waals surface area contributed by atoms with Gasteiger partial charge in [0.15, 0.2) is 11.9 Å². The number of hydrogen-bond acceptors (Lipinski definition) is 2. The summed E-state index contributed by atoms with van der Waals surface area (Å²) in [5, 5.41) is 0.737. The van der Waals surface area contributed by atoms with Crippen LogP contribution >= 0.6 is 11.6 Å². The molecule has 18 heavy (non-hydrogen) atoms. The fraction of sp³-hybridized carbons (Fsp3) is 0.533. The highest BCUT2D eigenvalue weighted by Gasteiger charge is 2.79. The highest BCUT2D eigenvalue weighted by Crippen LogP contribution is 2.68. The summed E-state index contributed by atoms with van der Waals surface area (Å²) in [5.41, 5.74) is 0.285. The van der Waals surface area contributed by atoms with Crippen LogP contribution in [0.25, 0.3) is 0 Å². The fourth-order valence-corrected chi connectivity index (χ4v) is 3.58. The van der Waals surface area contributed by atoms with Crippen LogP contribution in [0.3, 0.4) is 0 Å². The van der Waals surface area contributed by atoms with E-state index in [1.807, 2.05) is 24.3 Å². The van der Waals surface area contributed by atoms with Gasteiger partial charge in [0, 0.05) is 16.9 Å². The number of epoxide rings is 1. The van der Waals surface area contributed by atoms with Crippen molar-refractivity contribution in [1.29, 1.82) is 0 Å². The third-order valence-electron chi connectivity index (χ3n) is 4.72. The van der Waals surface area contributed by atoms with Gasteiger partial charge >= 0.3 is 0 Å². The van der Waals surface area contributed by atoms with Crippen LogP contribution in [0.5, 0.6) is 0 Å². The quantitative estimate of drug-likeness (QED) is 0.619. The first-order chi connectivity index (χ1) is 8.45.